The zero-order chi connectivity index (χ0) is 19.0. The molecule has 0 unspecified atom stereocenters. The summed E-state index contributed by atoms with van der Waals surface area (Å²) in [4.78, 5) is 6.82. The summed E-state index contributed by atoms with van der Waals surface area (Å²) in [6.45, 7) is 5.17. The lowest BCUT2D eigenvalue weighted by molar-refractivity contribution is 0.529. The molecule has 1 N–H and O–H groups in total. The number of hydrogen-bond acceptors (Lipinski definition) is 2. The maximum absolute atomic E-state index is 5.77. The van der Waals surface area contributed by atoms with Crippen LogP contribution in [-0.4, -0.2) is 14.7 Å². The Morgan fingerprint density at radius 2 is 2.04 bits per heavy atom. The number of anilines is 1. The van der Waals surface area contributed by atoms with E-state index >= 15 is 0 Å². The molecule has 6 heteroatoms. The van der Waals surface area contributed by atoms with Crippen molar-refractivity contribution in [1.82, 2.24) is 14.9 Å². The molecule has 0 aliphatic carbocycles. The van der Waals surface area contributed by atoms with Gasteiger partial charge >= 0.3 is 0 Å². The Labute approximate surface area is 173 Å². The van der Waals surface area contributed by atoms with Gasteiger partial charge in [0, 0.05) is 34.8 Å². The van der Waals surface area contributed by atoms with E-state index in [0.717, 1.165) is 27.5 Å². The number of nitrogens with one attached hydrogen (secondary N) is 1. The van der Waals surface area contributed by atoms with Gasteiger partial charge in [0.25, 0.3) is 0 Å². The van der Waals surface area contributed by atoms with Gasteiger partial charge in [0.1, 0.15) is 6.04 Å². The molecule has 4 rings (SSSR count). The Kier molecular flexibility index (Phi) is 5.02. The van der Waals surface area contributed by atoms with E-state index in [4.69, 9.17) is 12.2 Å². The van der Waals surface area contributed by atoms with Gasteiger partial charge in [-0.2, -0.15) is 0 Å². The van der Waals surface area contributed by atoms with Crippen molar-refractivity contribution in [2.24, 2.45) is 0 Å². The fourth-order valence-corrected chi connectivity index (χ4v) is 4.29. The van der Waals surface area contributed by atoms with Crippen LogP contribution in [-0.2, 0) is 6.54 Å². The third-order valence-electron chi connectivity index (χ3n) is 5.03. The first-order chi connectivity index (χ1) is 13.1. The molecule has 3 aromatic rings. The number of aryl methyl sites for hydroxylation is 2. The molecule has 1 aliphatic heterocycles. The summed E-state index contributed by atoms with van der Waals surface area (Å²) >= 11 is 9.37. The molecule has 0 amide bonds. The maximum atomic E-state index is 5.77. The van der Waals surface area contributed by atoms with Gasteiger partial charge in [-0.15, -0.1) is 0 Å². The summed E-state index contributed by atoms with van der Waals surface area (Å²) in [5.41, 5.74) is 4.48. The number of pyridine rings is 1. The molecule has 1 fully saturated rings. The summed E-state index contributed by atoms with van der Waals surface area (Å²) in [7, 11) is 0. The molecule has 138 valence electrons. The highest BCUT2D eigenvalue weighted by atomic mass is 79.9. The molecule has 27 heavy (non-hydrogen) atoms. The molecule has 2 aromatic heterocycles. The summed E-state index contributed by atoms with van der Waals surface area (Å²) in [6, 6.07) is 16.7. The number of benzene rings is 1. The first-order valence-electron chi connectivity index (χ1n) is 9.02. The highest BCUT2D eigenvalue weighted by Gasteiger charge is 2.41. The third kappa shape index (κ3) is 3.28. The van der Waals surface area contributed by atoms with Gasteiger partial charge in [-0.1, -0.05) is 22.0 Å². The van der Waals surface area contributed by atoms with E-state index in [1.165, 1.54) is 11.3 Å². The predicted molar refractivity (Wildman–Crippen MR) is 117 cm³/mol. The van der Waals surface area contributed by atoms with Crippen LogP contribution in [0, 0.1) is 6.92 Å². The fraction of sp³-hybridized carbons (Fsp3) is 0.238. The van der Waals surface area contributed by atoms with Crippen molar-refractivity contribution >= 4 is 38.9 Å². The average Bonchev–Trinajstić information content (AvgIpc) is 3.28. The van der Waals surface area contributed by atoms with Crippen molar-refractivity contribution in [1.29, 1.82) is 0 Å². The molecule has 1 aromatic carbocycles. The molecule has 2 atom stereocenters. The highest BCUT2D eigenvalue weighted by molar-refractivity contribution is 9.10. The lowest BCUT2D eigenvalue weighted by Gasteiger charge is -2.29. The van der Waals surface area contributed by atoms with Gasteiger partial charge < -0.3 is 14.8 Å². The number of nitrogens with zero attached hydrogens (tertiary/aromatic N) is 3. The van der Waals surface area contributed by atoms with Gasteiger partial charge in [-0.3, -0.25) is 4.98 Å². The molecule has 3 heterocycles. The summed E-state index contributed by atoms with van der Waals surface area (Å²) in [6.07, 6.45) is 3.96. The van der Waals surface area contributed by atoms with E-state index < -0.39 is 0 Å². The number of thiocarbonyl (C=S) groups is 1. The number of halogens is 1. The Hall–Kier alpha value is -2.18. The molecule has 4 nitrogen and oxygen atoms in total. The SMILES string of the molecule is CCn1cccc1[C@@H]1[C@H](c2ccccn2)NC(=S)N1c1ccc(Br)c(C)c1. The number of rotatable bonds is 4. The van der Waals surface area contributed by atoms with E-state index in [2.05, 4.69) is 92.1 Å². The fourth-order valence-electron chi connectivity index (χ4n) is 3.70. The van der Waals surface area contributed by atoms with Crippen LogP contribution in [0.15, 0.2) is 65.4 Å². The first-order valence-corrected chi connectivity index (χ1v) is 10.2. The Morgan fingerprint density at radius 3 is 2.74 bits per heavy atom. The molecule has 0 spiro atoms. The molecular formula is C21H21BrN4S. The standard InChI is InChI=1S/C21H21BrN4S/c1-3-25-12-6-8-18(25)20-19(17-7-4-5-11-23-17)24-21(27)26(20)15-9-10-16(22)14(2)13-15/h4-13,19-20H,3H2,1-2H3,(H,24,27)/t19-,20+/m0/s1. The summed E-state index contributed by atoms with van der Waals surface area (Å²) in [5, 5.41) is 4.24. The highest BCUT2D eigenvalue weighted by Crippen LogP contribution is 2.42. The second kappa shape index (κ2) is 7.44. The van der Waals surface area contributed by atoms with Gasteiger partial charge in [0.15, 0.2) is 5.11 Å². The van der Waals surface area contributed by atoms with E-state index in [1.807, 2.05) is 18.3 Å². The van der Waals surface area contributed by atoms with Gasteiger partial charge in [-0.25, -0.2) is 0 Å². The van der Waals surface area contributed by atoms with Crippen LogP contribution in [0.1, 0.15) is 36.0 Å². The molecular weight excluding hydrogens is 420 g/mol. The van der Waals surface area contributed by atoms with E-state index in [1.54, 1.807) is 0 Å². The minimum Gasteiger partial charge on any atom is -0.351 e. The van der Waals surface area contributed by atoms with Crippen molar-refractivity contribution in [2.45, 2.75) is 32.5 Å². The van der Waals surface area contributed by atoms with Crippen LogP contribution in [0.3, 0.4) is 0 Å². The van der Waals surface area contributed by atoms with Crippen molar-refractivity contribution in [3.05, 3.63) is 82.3 Å². The molecule has 0 saturated carbocycles. The van der Waals surface area contributed by atoms with Crippen LogP contribution in [0.25, 0.3) is 0 Å². The Bertz CT molecular complexity index is 969. The summed E-state index contributed by atoms with van der Waals surface area (Å²) < 4.78 is 3.37. The smallest absolute Gasteiger partial charge is 0.174 e. The minimum absolute atomic E-state index is 0.0112. The third-order valence-corrected chi connectivity index (χ3v) is 6.23. The maximum Gasteiger partial charge on any atom is 0.174 e. The van der Waals surface area contributed by atoms with Crippen LogP contribution in [0.4, 0.5) is 5.69 Å². The van der Waals surface area contributed by atoms with E-state index in [0.29, 0.717) is 0 Å². The molecule has 0 radical (unpaired) electrons. The van der Waals surface area contributed by atoms with E-state index in [-0.39, 0.29) is 12.1 Å². The predicted octanol–water partition coefficient (Wildman–Crippen LogP) is 5.15. The lowest BCUT2D eigenvalue weighted by Crippen LogP contribution is -2.30. The first kappa shape index (κ1) is 18.2. The Morgan fingerprint density at radius 1 is 1.19 bits per heavy atom. The number of aromatic nitrogens is 2. The number of hydrogen-bond donors (Lipinski definition) is 1. The summed E-state index contributed by atoms with van der Waals surface area (Å²) in [5.74, 6) is 0. The second-order valence-electron chi connectivity index (χ2n) is 6.65. The zero-order valence-corrected chi connectivity index (χ0v) is 17.7. The van der Waals surface area contributed by atoms with Crippen molar-refractivity contribution < 1.29 is 0 Å². The lowest BCUT2D eigenvalue weighted by atomic mass is 10.0. The second-order valence-corrected chi connectivity index (χ2v) is 7.89. The zero-order valence-electron chi connectivity index (χ0n) is 15.3. The van der Waals surface area contributed by atoms with Crippen molar-refractivity contribution in [2.75, 3.05) is 4.90 Å². The van der Waals surface area contributed by atoms with Crippen LogP contribution in [0.2, 0.25) is 0 Å². The quantitative estimate of drug-likeness (QED) is 0.568. The van der Waals surface area contributed by atoms with Gasteiger partial charge in [0.05, 0.1) is 11.7 Å². The van der Waals surface area contributed by atoms with Crippen molar-refractivity contribution in [3.8, 4) is 0 Å². The Balaban J connectivity index is 1.85. The van der Waals surface area contributed by atoms with Crippen LogP contribution >= 0.6 is 28.1 Å². The van der Waals surface area contributed by atoms with Crippen LogP contribution in [0.5, 0.6) is 0 Å². The average molecular weight is 441 g/mol. The topological polar surface area (TPSA) is 33.1 Å². The van der Waals surface area contributed by atoms with Crippen molar-refractivity contribution in [3.63, 3.8) is 0 Å². The van der Waals surface area contributed by atoms with Gasteiger partial charge in [0.2, 0.25) is 0 Å². The van der Waals surface area contributed by atoms with E-state index in [9.17, 15) is 0 Å². The normalized spacial score (nSPS) is 19.4. The largest absolute Gasteiger partial charge is 0.351 e. The molecule has 1 saturated heterocycles. The molecule has 0 bridgehead atoms. The minimum atomic E-state index is -0.0112. The van der Waals surface area contributed by atoms with Crippen LogP contribution < -0.4 is 10.2 Å². The monoisotopic (exact) mass is 440 g/mol. The van der Waals surface area contributed by atoms with Gasteiger partial charge in [-0.05, 0) is 74.1 Å². The molecule has 1 aliphatic rings.